The van der Waals surface area contributed by atoms with Crippen LogP contribution in [0.1, 0.15) is 96.5 Å². The van der Waals surface area contributed by atoms with Gasteiger partial charge in [0.2, 0.25) is 0 Å². The molecule has 1 aromatic carbocycles. The molecule has 2 unspecified atom stereocenters. The summed E-state index contributed by atoms with van der Waals surface area (Å²) in [5.41, 5.74) is 1.37. The third-order valence-electron chi connectivity index (χ3n) is 5.28. The largest absolute Gasteiger partial charge is 0.396 e. The lowest BCUT2D eigenvalue weighted by Crippen LogP contribution is -2.15. The molecule has 4 nitrogen and oxygen atoms in total. The van der Waals surface area contributed by atoms with Gasteiger partial charge in [0.1, 0.15) is 0 Å². The fraction of sp³-hybridized carbons (Fsp3) is 0.739. The first-order valence-corrected chi connectivity index (χ1v) is 11.9. The number of rotatable bonds is 16. The highest BCUT2D eigenvalue weighted by Gasteiger charge is 2.21. The summed E-state index contributed by atoms with van der Waals surface area (Å²) >= 11 is 2.04. The van der Waals surface area contributed by atoms with E-state index in [0.717, 1.165) is 12.8 Å². The van der Waals surface area contributed by atoms with E-state index in [1.165, 1.54) is 56.9 Å². The van der Waals surface area contributed by atoms with Gasteiger partial charge in [-0.2, -0.15) is 11.8 Å². The van der Waals surface area contributed by atoms with Crippen LogP contribution in [0.4, 0.5) is 5.69 Å². The molecule has 0 aliphatic carbocycles. The van der Waals surface area contributed by atoms with Crippen molar-refractivity contribution < 1.29 is 10.0 Å². The van der Waals surface area contributed by atoms with Crippen LogP contribution in [0.25, 0.3) is 0 Å². The van der Waals surface area contributed by atoms with Crippen molar-refractivity contribution in [2.24, 2.45) is 0 Å². The Morgan fingerprint density at radius 1 is 0.893 bits per heavy atom. The van der Waals surface area contributed by atoms with Crippen molar-refractivity contribution in [3.63, 3.8) is 0 Å². The van der Waals surface area contributed by atoms with Gasteiger partial charge in [0.25, 0.3) is 5.69 Å². The molecule has 1 aromatic rings. The monoisotopic (exact) mass is 409 g/mol. The van der Waals surface area contributed by atoms with Crippen LogP contribution >= 0.6 is 11.8 Å². The fourth-order valence-electron chi connectivity index (χ4n) is 3.59. The number of non-ortho nitro benzene ring substituents is 1. The summed E-state index contributed by atoms with van der Waals surface area (Å²) in [6, 6.07) is 7.11. The van der Waals surface area contributed by atoms with Crippen LogP contribution in [-0.2, 0) is 0 Å². The zero-order valence-corrected chi connectivity index (χ0v) is 18.8. The second-order valence-electron chi connectivity index (χ2n) is 8.05. The molecule has 0 saturated carbocycles. The molecule has 0 heterocycles. The minimum Gasteiger partial charge on any atom is -0.396 e. The van der Waals surface area contributed by atoms with E-state index in [-0.39, 0.29) is 10.6 Å². The van der Waals surface area contributed by atoms with Crippen molar-refractivity contribution in [2.75, 3.05) is 6.61 Å². The number of benzene rings is 1. The van der Waals surface area contributed by atoms with Gasteiger partial charge in [-0.25, -0.2) is 0 Å². The van der Waals surface area contributed by atoms with Gasteiger partial charge in [-0.15, -0.1) is 0 Å². The van der Waals surface area contributed by atoms with Crippen LogP contribution in [0.3, 0.4) is 0 Å². The number of unbranched alkanes of at least 4 members (excludes halogenated alkanes) is 8. The predicted octanol–water partition coefficient (Wildman–Crippen LogP) is 7.10. The third-order valence-corrected chi connectivity index (χ3v) is 6.82. The molecule has 0 saturated heterocycles. The standard InChI is InChI=1S/C23H39NO3S/c1-19(2)28-23(13-11-9-7-5-4-6-8-10-12-18-25)20(3)21-14-16-22(17-15-21)24(26)27/h14-17,19-20,23,25H,4-13,18H2,1-3H3. The third kappa shape index (κ3) is 10.5. The smallest absolute Gasteiger partial charge is 0.269 e. The van der Waals surface area contributed by atoms with E-state index in [0.29, 0.717) is 23.0 Å². The Kier molecular flexibility index (Phi) is 13.3. The summed E-state index contributed by atoms with van der Waals surface area (Å²) < 4.78 is 0. The SMILES string of the molecule is CC(C)SC(CCCCCCCCCCCO)C(C)c1ccc([N+](=O)[O-])cc1. The van der Waals surface area contributed by atoms with E-state index < -0.39 is 0 Å². The van der Waals surface area contributed by atoms with Crippen LogP contribution in [0, 0.1) is 10.1 Å². The summed E-state index contributed by atoms with van der Waals surface area (Å²) in [5, 5.41) is 20.8. The van der Waals surface area contributed by atoms with Gasteiger partial charge < -0.3 is 5.11 Å². The first-order chi connectivity index (χ1) is 13.5. The number of nitrogens with zero attached hydrogens (tertiary/aromatic N) is 1. The Labute approximate surface area is 175 Å². The molecule has 1 N–H and O–H groups in total. The van der Waals surface area contributed by atoms with Crippen molar-refractivity contribution in [2.45, 2.75) is 101 Å². The van der Waals surface area contributed by atoms with Crippen LogP contribution in [-0.4, -0.2) is 27.1 Å². The zero-order chi connectivity index (χ0) is 20.8. The molecule has 1 rings (SSSR count). The molecule has 0 amide bonds. The minimum atomic E-state index is -0.332. The molecule has 0 fully saturated rings. The lowest BCUT2D eigenvalue weighted by Gasteiger charge is -2.26. The summed E-state index contributed by atoms with van der Waals surface area (Å²) in [5.74, 6) is 0.403. The molecule has 28 heavy (non-hydrogen) atoms. The van der Waals surface area contributed by atoms with Gasteiger partial charge in [0, 0.05) is 24.0 Å². The Morgan fingerprint density at radius 3 is 1.86 bits per heavy atom. The average molecular weight is 410 g/mol. The highest BCUT2D eigenvalue weighted by atomic mass is 32.2. The van der Waals surface area contributed by atoms with E-state index in [9.17, 15) is 10.1 Å². The fourth-order valence-corrected chi connectivity index (χ4v) is 4.99. The molecule has 5 heteroatoms. The number of nitro benzene ring substituents is 1. The molecule has 0 radical (unpaired) electrons. The molecule has 0 spiro atoms. The predicted molar refractivity (Wildman–Crippen MR) is 121 cm³/mol. The quantitative estimate of drug-likeness (QED) is 0.180. The van der Waals surface area contributed by atoms with Crippen LogP contribution in [0.2, 0.25) is 0 Å². The summed E-state index contributed by atoms with van der Waals surface area (Å²) in [7, 11) is 0. The van der Waals surface area contributed by atoms with Gasteiger partial charge in [-0.3, -0.25) is 10.1 Å². The zero-order valence-electron chi connectivity index (χ0n) is 17.9. The van der Waals surface area contributed by atoms with Gasteiger partial charge in [0.05, 0.1) is 4.92 Å². The average Bonchev–Trinajstić information content (AvgIpc) is 2.67. The lowest BCUT2D eigenvalue weighted by atomic mass is 9.93. The van der Waals surface area contributed by atoms with Crippen LogP contribution in [0.15, 0.2) is 24.3 Å². The molecular weight excluding hydrogens is 370 g/mol. The molecule has 0 aromatic heterocycles. The Bertz CT molecular complexity index is 533. The maximum Gasteiger partial charge on any atom is 0.269 e. The first-order valence-electron chi connectivity index (χ1n) is 11.0. The van der Waals surface area contributed by atoms with Crippen molar-refractivity contribution in [1.29, 1.82) is 0 Å². The van der Waals surface area contributed by atoms with Gasteiger partial charge in [-0.05, 0) is 29.6 Å². The molecule has 0 aliphatic heterocycles. The van der Waals surface area contributed by atoms with Crippen molar-refractivity contribution in [3.05, 3.63) is 39.9 Å². The highest BCUT2D eigenvalue weighted by Crippen LogP contribution is 2.35. The minimum absolute atomic E-state index is 0.167. The molecule has 0 aliphatic rings. The molecular formula is C23H39NO3S. The summed E-state index contributed by atoms with van der Waals surface area (Å²) in [4.78, 5) is 10.5. The number of hydrogen-bond donors (Lipinski definition) is 1. The van der Waals surface area contributed by atoms with Crippen LogP contribution in [0.5, 0.6) is 0 Å². The van der Waals surface area contributed by atoms with Crippen molar-refractivity contribution in [3.8, 4) is 0 Å². The summed E-state index contributed by atoms with van der Waals surface area (Å²) in [6.45, 7) is 7.08. The van der Waals surface area contributed by atoms with E-state index in [2.05, 4.69) is 20.8 Å². The Hall–Kier alpha value is -1.07. The molecule has 2 atom stereocenters. The van der Waals surface area contributed by atoms with E-state index in [1.807, 2.05) is 23.9 Å². The van der Waals surface area contributed by atoms with Crippen molar-refractivity contribution in [1.82, 2.24) is 0 Å². The topological polar surface area (TPSA) is 63.4 Å². The number of aliphatic hydroxyl groups excluding tert-OH is 1. The van der Waals surface area contributed by atoms with Gasteiger partial charge in [0.15, 0.2) is 0 Å². The van der Waals surface area contributed by atoms with E-state index >= 15 is 0 Å². The normalized spacial score (nSPS) is 13.6. The Balaban J connectivity index is 2.36. The van der Waals surface area contributed by atoms with E-state index in [4.69, 9.17) is 5.11 Å². The highest BCUT2D eigenvalue weighted by molar-refractivity contribution is 8.00. The first kappa shape index (κ1) is 25.0. The van der Waals surface area contributed by atoms with E-state index in [1.54, 1.807) is 12.1 Å². The lowest BCUT2D eigenvalue weighted by molar-refractivity contribution is -0.384. The summed E-state index contributed by atoms with van der Waals surface area (Å²) in [6.07, 6.45) is 12.3. The second-order valence-corrected chi connectivity index (χ2v) is 9.88. The van der Waals surface area contributed by atoms with Gasteiger partial charge >= 0.3 is 0 Å². The molecule has 0 bridgehead atoms. The maximum atomic E-state index is 10.9. The Morgan fingerprint density at radius 2 is 1.39 bits per heavy atom. The van der Waals surface area contributed by atoms with Crippen LogP contribution < -0.4 is 0 Å². The molecule has 160 valence electrons. The maximum absolute atomic E-state index is 10.9. The number of aliphatic hydroxyl groups is 1. The number of hydrogen-bond acceptors (Lipinski definition) is 4. The second kappa shape index (κ2) is 14.9. The number of thioether (sulfide) groups is 1. The number of nitro groups is 1. The van der Waals surface area contributed by atoms with Gasteiger partial charge in [-0.1, -0.05) is 84.3 Å². The van der Waals surface area contributed by atoms with Crippen molar-refractivity contribution >= 4 is 17.4 Å².